The minimum atomic E-state index is 0.144. The standard InChI is InChI=1S/C15H27N3OS/c19-15(17-12-3-2-10-20-11-12)14-4-1-9-18(14)13-5-7-16-8-6-13/h12-14,16H,1-11H2,(H,17,19). The molecule has 0 aromatic heterocycles. The van der Waals surface area contributed by atoms with Crippen LogP contribution in [0.1, 0.15) is 38.5 Å². The van der Waals surface area contributed by atoms with Gasteiger partial charge in [0.05, 0.1) is 6.04 Å². The third-order valence-corrected chi connectivity index (χ3v) is 6.10. The molecule has 0 aromatic rings. The molecule has 0 radical (unpaired) electrons. The second-order valence-electron chi connectivity index (χ2n) is 6.30. The van der Waals surface area contributed by atoms with Gasteiger partial charge in [-0.2, -0.15) is 11.8 Å². The molecule has 3 rings (SSSR count). The fourth-order valence-corrected chi connectivity index (χ4v) is 4.87. The van der Waals surface area contributed by atoms with Crippen molar-refractivity contribution >= 4 is 17.7 Å². The molecule has 3 fully saturated rings. The first-order chi connectivity index (χ1) is 9.84. The number of hydrogen-bond acceptors (Lipinski definition) is 4. The summed E-state index contributed by atoms with van der Waals surface area (Å²) in [5.74, 6) is 2.66. The number of amides is 1. The normalized spacial score (nSPS) is 33.2. The third kappa shape index (κ3) is 3.49. The van der Waals surface area contributed by atoms with E-state index >= 15 is 0 Å². The van der Waals surface area contributed by atoms with E-state index in [0.29, 0.717) is 18.0 Å². The van der Waals surface area contributed by atoms with Gasteiger partial charge in [-0.15, -0.1) is 0 Å². The van der Waals surface area contributed by atoms with Gasteiger partial charge in [0.25, 0.3) is 0 Å². The Balaban J connectivity index is 1.55. The fraction of sp³-hybridized carbons (Fsp3) is 0.933. The van der Waals surface area contributed by atoms with E-state index in [0.717, 1.165) is 31.8 Å². The summed E-state index contributed by atoms with van der Waals surface area (Å²) < 4.78 is 0. The van der Waals surface area contributed by atoms with Crippen LogP contribution in [0, 0.1) is 0 Å². The summed E-state index contributed by atoms with van der Waals surface area (Å²) in [5, 5.41) is 6.73. The summed E-state index contributed by atoms with van der Waals surface area (Å²) in [6.07, 6.45) is 7.04. The molecule has 20 heavy (non-hydrogen) atoms. The van der Waals surface area contributed by atoms with Crippen molar-refractivity contribution in [3.8, 4) is 0 Å². The summed E-state index contributed by atoms with van der Waals surface area (Å²) in [6, 6.07) is 1.18. The van der Waals surface area contributed by atoms with Crippen molar-refractivity contribution in [3.63, 3.8) is 0 Å². The molecule has 3 aliphatic rings. The number of likely N-dealkylation sites (tertiary alicyclic amines) is 1. The van der Waals surface area contributed by atoms with Gasteiger partial charge in [-0.3, -0.25) is 9.69 Å². The SMILES string of the molecule is O=C(NC1CCCSC1)C1CCCN1C1CCNCC1. The summed E-state index contributed by atoms with van der Waals surface area (Å²) >= 11 is 1.98. The maximum absolute atomic E-state index is 12.6. The van der Waals surface area contributed by atoms with Crippen LogP contribution < -0.4 is 10.6 Å². The Morgan fingerprint density at radius 2 is 2.00 bits per heavy atom. The number of piperidine rings is 1. The van der Waals surface area contributed by atoms with Crippen molar-refractivity contribution in [3.05, 3.63) is 0 Å². The highest BCUT2D eigenvalue weighted by Gasteiger charge is 2.36. The lowest BCUT2D eigenvalue weighted by molar-refractivity contribution is -0.127. The minimum Gasteiger partial charge on any atom is -0.351 e. The van der Waals surface area contributed by atoms with E-state index < -0.39 is 0 Å². The Hall–Kier alpha value is -0.260. The number of carbonyl (C=O) groups excluding carboxylic acids is 1. The van der Waals surface area contributed by atoms with E-state index in [-0.39, 0.29) is 6.04 Å². The van der Waals surface area contributed by atoms with E-state index in [1.165, 1.54) is 37.9 Å². The Bertz CT molecular complexity index is 327. The number of hydrogen-bond donors (Lipinski definition) is 2. The van der Waals surface area contributed by atoms with Crippen molar-refractivity contribution in [2.75, 3.05) is 31.1 Å². The Kier molecular flexibility index (Phi) is 5.24. The Morgan fingerprint density at radius 3 is 2.75 bits per heavy atom. The summed E-state index contributed by atoms with van der Waals surface area (Å²) in [4.78, 5) is 15.1. The van der Waals surface area contributed by atoms with Crippen molar-refractivity contribution < 1.29 is 4.79 Å². The average molecular weight is 297 g/mol. The number of nitrogens with zero attached hydrogens (tertiary/aromatic N) is 1. The van der Waals surface area contributed by atoms with Gasteiger partial charge in [-0.05, 0) is 63.9 Å². The number of rotatable bonds is 3. The first kappa shape index (κ1) is 14.7. The molecule has 0 bridgehead atoms. The quantitative estimate of drug-likeness (QED) is 0.822. The van der Waals surface area contributed by atoms with Crippen LogP contribution in [0.3, 0.4) is 0 Å². The van der Waals surface area contributed by atoms with Gasteiger partial charge in [-0.25, -0.2) is 0 Å². The van der Waals surface area contributed by atoms with Gasteiger partial charge < -0.3 is 10.6 Å². The van der Waals surface area contributed by atoms with E-state index in [2.05, 4.69) is 15.5 Å². The first-order valence-electron chi connectivity index (χ1n) is 8.19. The van der Waals surface area contributed by atoms with Crippen molar-refractivity contribution in [1.82, 2.24) is 15.5 Å². The highest BCUT2D eigenvalue weighted by atomic mass is 32.2. The molecule has 5 heteroatoms. The molecule has 114 valence electrons. The van der Waals surface area contributed by atoms with Crippen molar-refractivity contribution in [1.29, 1.82) is 0 Å². The van der Waals surface area contributed by atoms with Gasteiger partial charge in [0.15, 0.2) is 0 Å². The molecule has 0 saturated carbocycles. The molecule has 3 heterocycles. The molecule has 0 aromatic carbocycles. The topological polar surface area (TPSA) is 44.4 Å². The van der Waals surface area contributed by atoms with Crippen LogP contribution in [0.15, 0.2) is 0 Å². The average Bonchev–Trinajstić information content (AvgIpc) is 2.99. The largest absolute Gasteiger partial charge is 0.351 e. The molecule has 4 nitrogen and oxygen atoms in total. The van der Waals surface area contributed by atoms with Gasteiger partial charge in [0, 0.05) is 17.8 Å². The van der Waals surface area contributed by atoms with Crippen molar-refractivity contribution in [2.45, 2.75) is 56.7 Å². The summed E-state index contributed by atoms with van der Waals surface area (Å²) in [7, 11) is 0. The monoisotopic (exact) mass is 297 g/mol. The van der Waals surface area contributed by atoms with Crippen LogP contribution in [-0.2, 0) is 4.79 Å². The molecular formula is C15H27N3OS. The molecule has 2 unspecified atom stereocenters. The zero-order valence-electron chi connectivity index (χ0n) is 12.3. The zero-order chi connectivity index (χ0) is 13.8. The van der Waals surface area contributed by atoms with Gasteiger partial charge in [0.1, 0.15) is 0 Å². The maximum atomic E-state index is 12.6. The molecule has 0 aliphatic carbocycles. The van der Waals surface area contributed by atoms with E-state index in [9.17, 15) is 4.79 Å². The van der Waals surface area contributed by atoms with Crippen LogP contribution >= 0.6 is 11.8 Å². The van der Waals surface area contributed by atoms with E-state index in [1.807, 2.05) is 11.8 Å². The smallest absolute Gasteiger partial charge is 0.237 e. The number of carbonyl (C=O) groups is 1. The predicted molar refractivity (Wildman–Crippen MR) is 84.1 cm³/mol. The highest BCUT2D eigenvalue weighted by molar-refractivity contribution is 7.99. The highest BCUT2D eigenvalue weighted by Crippen LogP contribution is 2.25. The Morgan fingerprint density at radius 1 is 1.15 bits per heavy atom. The molecule has 0 spiro atoms. The fourth-order valence-electron chi connectivity index (χ4n) is 3.80. The second kappa shape index (κ2) is 7.14. The van der Waals surface area contributed by atoms with Crippen molar-refractivity contribution in [2.24, 2.45) is 0 Å². The molecule has 3 aliphatic heterocycles. The molecule has 2 N–H and O–H groups in total. The summed E-state index contributed by atoms with van der Waals surface area (Å²) in [6.45, 7) is 3.33. The van der Waals surface area contributed by atoms with E-state index in [1.54, 1.807) is 0 Å². The van der Waals surface area contributed by atoms with Gasteiger partial charge in [-0.1, -0.05) is 0 Å². The first-order valence-corrected chi connectivity index (χ1v) is 9.34. The summed E-state index contributed by atoms with van der Waals surface area (Å²) in [5.41, 5.74) is 0. The molecule has 2 atom stereocenters. The zero-order valence-corrected chi connectivity index (χ0v) is 13.1. The van der Waals surface area contributed by atoms with Crippen LogP contribution in [-0.4, -0.2) is 60.1 Å². The van der Waals surface area contributed by atoms with Gasteiger partial charge in [0.2, 0.25) is 5.91 Å². The third-order valence-electron chi connectivity index (χ3n) is 4.88. The van der Waals surface area contributed by atoms with Crippen LogP contribution in [0.4, 0.5) is 0 Å². The van der Waals surface area contributed by atoms with Crippen LogP contribution in [0.2, 0.25) is 0 Å². The molecule has 3 saturated heterocycles. The maximum Gasteiger partial charge on any atom is 0.237 e. The number of nitrogens with one attached hydrogen (secondary N) is 2. The lowest BCUT2D eigenvalue weighted by Gasteiger charge is -2.36. The predicted octanol–water partition coefficient (Wildman–Crippen LogP) is 1.21. The molecule has 1 amide bonds. The Labute approximate surface area is 126 Å². The lowest BCUT2D eigenvalue weighted by atomic mass is 10.0. The van der Waals surface area contributed by atoms with E-state index in [4.69, 9.17) is 0 Å². The van der Waals surface area contributed by atoms with Crippen LogP contribution in [0.25, 0.3) is 0 Å². The second-order valence-corrected chi connectivity index (χ2v) is 7.45. The van der Waals surface area contributed by atoms with Gasteiger partial charge >= 0.3 is 0 Å². The van der Waals surface area contributed by atoms with Crippen LogP contribution in [0.5, 0.6) is 0 Å². The molecular weight excluding hydrogens is 270 g/mol. The minimum absolute atomic E-state index is 0.144. The lowest BCUT2D eigenvalue weighted by Crippen LogP contribution is -2.53. The number of thioether (sulfide) groups is 1.